The minimum atomic E-state index is 0.0728. The Kier molecular flexibility index (Phi) is 4.44. The summed E-state index contributed by atoms with van der Waals surface area (Å²) in [4.78, 5) is 12.7. The molecule has 1 spiro atoms. The highest BCUT2D eigenvalue weighted by Crippen LogP contribution is 2.38. The van der Waals surface area contributed by atoms with Gasteiger partial charge in [0.2, 0.25) is 0 Å². The minimum Gasteiger partial charge on any atom is -0.379 e. The number of benzene rings is 2. The van der Waals surface area contributed by atoms with Gasteiger partial charge in [0.05, 0.1) is 0 Å². The van der Waals surface area contributed by atoms with Gasteiger partial charge < -0.3 is 5.32 Å². The van der Waals surface area contributed by atoms with Crippen molar-refractivity contribution in [2.45, 2.75) is 50.5 Å². The molecular weight excluding hydrogens is 306 g/mol. The first-order valence-electron chi connectivity index (χ1n) is 9.43. The second-order valence-electron chi connectivity index (χ2n) is 7.44. The molecule has 2 aromatic carbocycles. The summed E-state index contributed by atoms with van der Waals surface area (Å²) < 4.78 is 0. The van der Waals surface area contributed by atoms with E-state index in [0.717, 1.165) is 17.7 Å². The third-order valence-corrected chi connectivity index (χ3v) is 5.63. The largest absolute Gasteiger partial charge is 0.379 e. The maximum atomic E-state index is 12.7. The van der Waals surface area contributed by atoms with Crippen LogP contribution < -0.4 is 5.32 Å². The van der Waals surface area contributed by atoms with E-state index in [9.17, 15) is 4.79 Å². The SMILES string of the molecule is O=C(/C=C1\NC2(CCCCCC2)Cc2ccccc21)c1ccccc1. The van der Waals surface area contributed by atoms with E-state index in [4.69, 9.17) is 0 Å². The molecule has 4 rings (SSSR count). The minimum absolute atomic E-state index is 0.0728. The molecule has 1 aliphatic carbocycles. The van der Waals surface area contributed by atoms with Gasteiger partial charge in [-0.3, -0.25) is 4.79 Å². The lowest BCUT2D eigenvalue weighted by molar-refractivity contribution is 0.104. The highest BCUT2D eigenvalue weighted by molar-refractivity contribution is 6.08. The van der Waals surface area contributed by atoms with E-state index in [1.807, 2.05) is 30.3 Å². The smallest absolute Gasteiger partial charge is 0.187 e. The number of allylic oxidation sites excluding steroid dienone is 1. The molecule has 0 atom stereocenters. The summed E-state index contributed by atoms with van der Waals surface area (Å²) in [5.74, 6) is 0.0728. The predicted molar refractivity (Wildman–Crippen MR) is 102 cm³/mol. The van der Waals surface area contributed by atoms with Crippen LogP contribution in [0.5, 0.6) is 0 Å². The Morgan fingerprint density at radius 2 is 1.56 bits per heavy atom. The Hall–Kier alpha value is -2.35. The zero-order valence-corrected chi connectivity index (χ0v) is 14.6. The van der Waals surface area contributed by atoms with Crippen molar-refractivity contribution in [2.24, 2.45) is 0 Å². The molecule has 1 heterocycles. The van der Waals surface area contributed by atoms with Gasteiger partial charge in [0.15, 0.2) is 5.78 Å². The third-order valence-electron chi connectivity index (χ3n) is 5.63. The van der Waals surface area contributed by atoms with E-state index in [0.29, 0.717) is 0 Å². The molecule has 2 aromatic rings. The molecule has 0 saturated heterocycles. The van der Waals surface area contributed by atoms with Crippen molar-refractivity contribution in [1.82, 2.24) is 5.32 Å². The third kappa shape index (κ3) is 3.39. The summed E-state index contributed by atoms with van der Waals surface area (Å²) in [5.41, 5.74) is 4.41. The molecule has 1 aliphatic heterocycles. The normalized spacial score (nSPS) is 20.6. The Bertz CT molecular complexity index is 783. The van der Waals surface area contributed by atoms with Gasteiger partial charge in [-0.05, 0) is 24.8 Å². The second kappa shape index (κ2) is 6.87. The molecule has 0 unspecified atom stereocenters. The Labute approximate surface area is 150 Å². The number of fused-ring (bicyclic) bond motifs is 1. The molecule has 0 radical (unpaired) electrons. The molecule has 1 fully saturated rings. The van der Waals surface area contributed by atoms with Gasteiger partial charge >= 0.3 is 0 Å². The summed E-state index contributed by atoms with van der Waals surface area (Å²) in [7, 11) is 0. The summed E-state index contributed by atoms with van der Waals surface area (Å²) >= 11 is 0. The lowest BCUT2D eigenvalue weighted by Gasteiger charge is -2.41. The zero-order valence-electron chi connectivity index (χ0n) is 14.6. The van der Waals surface area contributed by atoms with Crippen LogP contribution in [-0.4, -0.2) is 11.3 Å². The first kappa shape index (κ1) is 16.1. The average molecular weight is 331 g/mol. The van der Waals surface area contributed by atoms with Crippen molar-refractivity contribution in [1.29, 1.82) is 0 Å². The van der Waals surface area contributed by atoms with Crippen LogP contribution in [-0.2, 0) is 6.42 Å². The van der Waals surface area contributed by atoms with Gasteiger partial charge in [-0.1, -0.05) is 80.3 Å². The fraction of sp³-hybridized carbons (Fsp3) is 0.348. The molecule has 0 amide bonds. The van der Waals surface area contributed by atoms with Crippen molar-refractivity contribution >= 4 is 11.5 Å². The monoisotopic (exact) mass is 331 g/mol. The van der Waals surface area contributed by atoms with Crippen molar-refractivity contribution in [3.8, 4) is 0 Å². The molecule has 1 saturated carbocycles. The standard InChI is InChI=1S/C23H25NO/c25-22(18-10-4-3-5-11-18)16-21-20-13-7-6-12-19(20)17-23(24-21)14-8-1-2-9-15-23/h3-7,10-13,16,24H,1-2,8-9,14-15,17H2/b21-16-. The maximum absolute atomic E-state index is 12.7. The van der Waals surface area contributed by atoms with Crippen molar-refractivity contribution in [3.63, 3.8) is 0 Å². The van der Waals surface area contributed by atoms with Gasteiger partial charge in [-0.15, -0.1) is 0 Å². The number of carbonyl (C=O) groups excluding carboxylic acids is 1. The molecule has 0 aromatic heterocycles. The predicted octanol–water partition coefficient (Wildman–Crippen LogP) is 5.15. The van der Waals surface area contributed by atoms with Gasteiger partial charge in [0.25, 0.3) is 0 Å². The number of ketones is 1. The summed E-state index contributed by atoms with van der Waals surface area (Å²) in [5, 5.41) is 3.81. The van der Waals surface area contributed by atoms with Crippen LogP contribution in [0.4, 0.5) is 0 Å². The molecule has 0 bridgehead atoms. The first-order valence-corrected chi connectivity index (χ1v) is 9.43. The van der Waals surface area contributed by atoms with Gasteiger partial charge in [-0.2, -0.15) is 0 Å². The number of rotatable bonds is 2. The number of nitrogens with one attached hydrogen (secondary N) is 1. The summed E-state index contributed by atoms with van der Waals surface area (Å²) in [6, 6.07) is 18.1. The van der Waals surface area contributed by atoms with Crippen LogP contribution in [0.1, 0.15) is 60.0 Å². The van der Waals surface area contributed by atoms with Crippen LogP contribution in [0, 0.1) is 0 Å². The van der Waals surface area contributed by atoms with Gasteiger partial charge in [0, 0.05) is 28.4 Å². The maximum Gasteiger partial charge on any atom is 0.187 e. The van der Waals surface area contributed by atoms with E-state index >= 15 is 0 Å². The highest BCUT2D eigenvalue weighted by atomic mass is 16.1. The number of hydrogen-bond donors (Lipinski definition) is 1. The molecule has 2 heteroatoms. The van der Waals surface area contributed by atoms with Crippen LogP contribution in [0.2, 0.25) is 0 Å². The van der Waals surface area contributed by atoms with Crippen molar-refractivity contribution in [3.05, 3.63) is 77.4 Å². The Morgan fingerprint density at radius 1 is 0.880 bits per heavy atom. The Balaban J connectivity index is 1.72. The topological polar surface area (TPSA) is 29.1 Å². The highest BCUT2D eigenvalue weighted by Gasteiger charge is 2.36. The van der Waals surface area contributed by atoms with E-state index < -0.39 is 0 Å². The molecular formula is C23H25NO. The fourth-order valence-electron chi connectivity index (χ4n) is 4.34. The lowest BCUT2D eigenvalue weighted by atomic mass is 9.78. The van der Waals surface area contributed by atoms with E-state index in [2.05, 4.69) is 29.6 Å². The second-order valence-corrected chi connectivity index (χ2v) is 7.44. The van der Waals surface area contributed by atoms with Crippen LogP contribution in [0.25, 0.3) is 5.70 Å². The quantitative estimate of drug-likeness (QED) is 0.609. The first-order chi connectivity index (χ1) is 12.3. The molecule has 2 aliphatic rings. The lowest BCUT2D eigenvalue weighted by Crippen LogP contribution is -2.48. The zero-order chi connectivity index (χ0) is 17.1. The number of carbonyl (C=O) groups is 1. The molecule has 2 nitrogen and oxygen atoms in total. The summed E-state index contributed by atoms with van der Waals surface area (Å²) in [6.45, 7) is 0. The molecule has 128 valence electrons. The fourth-order valence-corrected chi connectivity index (χ4v) is 4.34. The summed E-state index contributed by atoms with van der Waals surface area (Å²) in [6.07, 6.45) is 10.5. The van der Waals surface area contributed by atoms with Crippen molar-refractivity contribution < 1.29 is 4.79 Å². The van der Waals surface area contributed by atoms with Crippen LogP contribution >= 0.6 is 0 Å². The van der Waals surface area contributed by atoms with E-state index in [-0.39, 0.29) is 11.3 Å². The molecule has 25 heavy (non-hydrogen) atoms. The number of hydrogen-bond acceptors (Lipinski definition) is 2. The average Bonchev–Trinajstić information content (AvgIpc) is 2.87. The molecule has 1 N–H and O–H groups in total. The van der Waals surface area contributed by atoms with Gasteiger partial charge in [-0.25, -0.2) is 0 Å². The van der Waals surface area contributed by atoms with Crippen molar-refractivity contribution in [2.75, 3.05) is 0 Å². The van der Waals surface area contributed by atoms with Crippen LogP contribution in [0.3, 0.4) is 0 Å². The Morgan fingerprint density at radius 3 is 2.32 bits per heavy atom. The van der Waals surface area contributed by atoms with Crippen LogP contribution in [0.15, 0.2) is 60.7 Å². The van der Waals surface area contributed by atoms with E-state index in [1.165, 1.54) is 49.7 Å². The van der Waals surface area contributed by atoms with E-state index in [1.54, 1.807) is 6.08 Å². The van der Waals surface area contributed by atoms with Gasteiger partial charge in [0.1, 0.15) is 0 Å².